The van der Waals surface area contributed by atoms with Crippen LogP contribution in [0.2, 0.25) is 10.0 Å². The van der Waals surface area contributed by atoms with E-state index in [-0.39, 0.29) is 5.60 Å². The molecule has 0 heterocycles. The van der Waals surface area contributed by atoms with Crippen molar-refractivity contribution in [3.63, 3.8) is 0 Å². The predicted octanol–water partition coefficient (Wildman–Crippen LogP) is 5.11. The fraction of sp³-hybridized carbons (Fsp3) is 0.647. The fourth-order valence-electron chi connectivity index (χ4n) is 2.22. The van der Waals surface area contributed by atoms with Gasteiger partial charge in [0.25, 0.3) is 0 Å². The zero-order chi connectivity index (χ0) is 15.9. The molecule has 4 heteroatoms. The smallest absolute Gasteiger partial charge is 0.0623 e. The molecule has 1 N–H and O–H groups in total. The largest absolute Gasteiger partial charge is 0.379 e. The quantitative estimate of drug-likeness (QED) is 0.678. The summed E-state index contributed by atoms with van der Waals surface area (Å²) in [7, 11) is 1.76. The molecule has 1 atom stereocenters. The van der Waals surface area contributed by atoms with E-state index in [0.717, 1.165) is 47.8 Å². The molecule has 0 aliphatic heterocycles. The van der Waals surface area contributed by atoms with E-state index >= 15 is 0 Å². The van der Waals surface area contributed by atoms with Gasteiger partial charge in [0.15, 0.2) is 0 Å². The maximum atomic E-state index is 6.29. The highest BCUT2D eigenvalue weighted by atomic mass is 35.5. The van der Waals surface area contributed by atoms with Gasteiger partial charge in [0.05, 0.1) is 5.60 Å². The van der Waals surface area contributed by atoms with E-state index < -0.39 is 0 Å². The number of nitrogens with one attached hydrogen (secondary N) is 1. The lowest BCUT2D eigenvalue weighted by molar-refractivity contribution is 0.0117. The van der Waals surface area contributed by atoms with Crippen LogP contribution in [0.1, 0.15) is 45.6 Å². The topological polar surface area (TPSA) is 21.3 Å². The monoisotopic (exact) mass is 331 g/mol. The molecule has 0 aromatic heterocycles. The van der Waals surface area contributed by atoms with Crippen LogP contribution in [0.5, 0.6) is 0 Å². The first kappa shape index (κ1) is 18.8. The van der Waals surface area contributed by atoms with Crippen molar-refractivity contribution in [1.29, 1.82) is 0 Å². The summed E-state index contributed by atoms with van der Waals surface area (Å²) in [6, 6.07) is 6.05. The van der Waals surface area contributed by atoms with Gasteiger partial charge in [-0.25, -0.2) is 0 Å². The van der Waals surface area contributed by atoms with E-state index in [4.69, 9.17) is 27.9 Å². The van der Waals surface area contributed by atoms with Crippen LogP contribution in [0.25, 0.3) is 0 Å². The maximum absolute atomic E-state index is 6.29. The van der Waals surface area contributed by atoms with Gasteiger partial charge < -0.3 is 10.1 Å². The van der Waals surface area contributed by atoms with E-state index in [1.54, 1.807) is 7.11 Å². The van der Waals surface area contributed by atoms with Crippen LogP contribution in [0.15, 0.2) is 18.2 Å². The summed E-state index contributed by atoms with van der Waals surface area (Å²) in [6.45, 7) is 7.41. The van der Waals surface area contributed by atoms with E-state index in [1.807, 2.05) is 18.2 Å². The lowest BCUT2D eigenvalue weighted by atomic mass is 9.95. The van der Waals surface area contributed by atoms with Crippen LogP contribution in [-0.2, 0) is 11.2 Å². The minimum absolute atomic E-state index is 0.101. The number of halogens is 2. The lowest BCUT2D eigenvalue weighted by Gasteiger charge is -2.27. The Morgan fingerprint density at radius 1 is 1.24 bits per heavy atom. The molecule has 1 unspecified atom stereocenters. The van der Waals surface area contributed by atoms with Crippen molar-refractivity contribution < 1.29 is 4.74 Å². The van der Waals surface area contributed by atoms with Gasteiger partial charge in [-0.1, -0.05) is 36.2 Å². The molecule has 0 amide bonds. The van der Waals surface area contributed by atoms with Gasteiger partial charge in [0, 0.05) is 23.2 Å². The molecule has 0 saturated heterocycles. The van der Waals surface area contributed by atoms with Gasteiger partial charge in [0.1, 0.15) is 0 Å². The van der Waals surface area contributed by atoms with Crippen LogP contribution in [0, 0.1) is 0 Å². The minimum Gasteiger partial charge on any atom is -0.379 e. The zero-order valence-electron chi connectivity index (χ0n) is 13.5. The first-order chi connectivity index (χ1) is 9.89. The molecule has 0 aliphatic rings. The van der Waals surface area contributed by atoms with Crippen LogP contribution >= 0.6 is 23.2 Å². The minimum atomic E-state index is -0.101. The third-order valence-corrected chi connectivity index (χ3v) is 4.55. The molecule has 21 heavy (non-hydrogen) atoms. The summed E-state index contributed by atoms with van der Waals surface area (Å²) in [5.41, 5.74) is 0.931. The number of hydrogen-bond acceptors (Lipinski definition) is 2. The van der Waals surface area contributed by atoms with Crippen LogP contribution in [0.4, 0.5) is 0 Å². The number of methoxy groups -OCH3 is 1. The molecule has 0 radical (unpaired) electrons. The highest BCUT2D eigenvalue weighted by molar-refractivity contribution is 6.36. The van der Waals surface area contributed by atoms with Crippen LogP contribution in [-0.4, -0.2) is 25.3 Å². The number of benzene rings is 1. The molecule has 120 valence electrons. The molecule has 0 saturated carbocycles. The van der Waals surface area contributed by atoms with Crippen molar-refractivity contribution >= 4 is 23.2 Å². The van der Waals surface area contributed by atoms with Gasteiger partial charge in [0.2, 0.25) is 0 Å². The molecule has 2 nitrogen and oxygen atoms in total. The van der Waals surface area contributed by atoms with E-state index in [1.165, 1.54) is 0 Å². The normalized spacial score (nSPS) is 13.4. The van der Waals surface area contributed by atoms with Crippen molar-refractivity contribution in [1.82, 2.24) is 5.32 Å². The Morgan fingerprint density at radius 2 is 1.86 bits per heavy atom. The Bertz CT molecular complexity index is 415. The molecule has 1 aromatic carbocycles. The summed E-state index contributed by atoms with van der Waals surface area (Å²) in [5.74, 6) is 0. The van der Waals surface area contributed by atoms with Gasteiger partial charge >= 0.3 is 0 Å². The summed E-state index contributed by atoms with van der Waals surface area (Å²) in [4.78, 5) is 0. The molecule has 1 aromatic rings. The SMILES string of the molecule is CCCNC(CCC(C)(C)OC)Cc1c(Cl)cccc1Cl. The van der Waals surface area contributed by atoms with Crippen molar-refractivity contribution in [2.24, 2.45) is 0 Å². The van der Waals surface area contributed by atoms with Crippen molar-refractivity contribution in [3.05, 3.63) is 33.8 Å². The first-order valence-corrected chi connectivity index (χ1v) is 8.36. The molecule has 0 spiro atoms. The third kappa shape index (κ3) is 6.56. The molecule has 1 rings (SSSR count). The fourth-order valence-corrected chi connectivity index (χ4v) is 2.77. The van der Waals surface area contributed by atoms with E-state index in [0.29, 0.717) is 6.04 Å². The lowest BCUT2D eigenvalue weighted by Crippen LogP contribution is -2.35. The zero-order valence-corrected chi connectivity index (χ0v) is 15.0. The van der Waals surface area contributed by atoms with E-state index in [2.05, 4.69) is 26.1 Å². The number of ether oxygens (including phenoxy) is 1. The number of rotatable bonds is 9. The summed E-state index contributed by atoms with van der Waals surface area (Å²) < 4.78 is 5.51. The Kier molecular flexibility index (Phi) is 8.04. The molecular formula is C17H27Cl2NO. The number of hydrogen-bond donors (Lipinski definition) is 1. The second-order valence-corrected chi connectivity index (χ2v) is 6.87. The average molecular weight is 332 g/mol. The summed E-state index contributed by atoms with van der Waals surface area (Å²) in [6.07, 6.45) is 3.98. The molecule has 0 bridgehead atoms. The average Bonchev–Trinajstić information content (AvgIpc) is 2.45. The second-order valence-electron chi connectivity index (χ2n) is 6.06. The highest BCUT2D eigenvalue weighted by Crippen LogP contribution is 2.27. The van der Waals surface area contributed by atoms with Crippen molar-refractivity contribution in [2.45, 2.75) is 58.1 Å². The third-order valence-electron chi connectivity index (χ3n) is 3.84. The molecule has 0 aliphatic carbocycles. The van der Waals surface area contributed by atoms with Crippen molar-refractivity contribution in [2.75, 3.05) is 13.7 Å². The van der Waals surface area contributed by atoms with Crippen molar-refractivity contribution in [3.8, 4) is 0 Å². The Balaban J connectivity index is 2.73. The molecule has 0 fully saturated rings. The highest BCUT2D eigenvalue weighted by Gasteiger charge is 2.20. The predicted molar refractivity (Wildman–Crippen MR) is 92.6 cm³/mol. The Hall–Kier alpha value is -0.280. The van der Waals surface area contributed by atoms with Gasteiger partial charge in [-0.2, -0.15) is 0 Å². The Morgan fingerprint density at radius 3 is 2.38 bits per heavy atom. The first-order valence-electron chi connectivity index (χ1n) is 7.61. The van der Waals surface area contributed by atoms with Gasteiger partial charge in [-0.15, -0.1) is 0 Å². The summed E-state index contributed by atoms with van der Waals surface area (Å²) >= 11 is 12.6. The second kappa shape index (κ2) is 8.99. The summed E-state index contributed by atoms with van der Waals surface area (Å²) in [5, 5.41) is 5.09. The maximum Gasteiger partial charge on any atom is 0.0623 e. The van der Waals surface area contributed by atoms with E-state index in [9.17, 15) is 0 Å². The van der Waals surface area contributed by atoms with Crippen LogP contribution < -0.4 is 5.32 Å². The standard InChI is InChI=1S/C17H27Cl2NO/c1-5-11-20-13(9-10-17(2,3)21-4)12-14-15(18)7-6-8-16(14)19/h6-8,13,20H,5,9-12H2,1-4H3. The Labute approximate surface area is 139 Å². The van der Waals surface area contributed by atoms with Gasteiger partial charge in [-0.3, -0.25) is 0 Å². The molecular weight excluding hydrogens is 305 g/mol. The van der Waals surface area contributed by atoms with Crippen LogP contribution in [0.3, 0.4) is 0 Å². The van der Waals surface area contributed by atoms with Gasteiger partial charge in [-0.05, 0) is 63.8 Å².